The van der Waals surface area contributed by atoms with Crippen LogP contribution in [0, 0.1) is 6.07 Å². The quantitative estimate of drug-likeness (QED) is 0.711. The summed E-state index contributed by atoms with van der Waals surface area (Å²) in [5.74, 6) is 0. The zero-order chi connectivity index (χ0) is 9.64. The van der Waals surface area contributed by atoms with Crippen molar-refractivity contribution in [3.63, 3.8) is 0 Å². The summed E-state index contributed by atoms with van der Waals surface area (Å²) in [5.41, 5.74) is 2.62. The molecule has 14 heavy (non-hydrogen) atoms. The molecule has 0 aliphatic heterocycles. The molecule has 0 atom stereocenters. The molecule has 0 unspecified atom stereocenters. The summed E-state index contributed by atoms with van der Waals surface area (Å²) in [7, 11) is 0. The number of aromatic nitrogens is 1. The Morgan fingerprint density at radius 1 is 1.07 bits per heavy atom. The Kier molecular flexibility index (Phi) is 2.92. The van der Waals surface area contributed by atoms with Gasteiger partial charge in [0.25, 0.3) is 0 Å². The lowest BCUT2D eigenvalue weighted by atomic mass is 10.1. The van der Waals surface area contributed by atoms with E-state index in [1.54, 1.807) is 6.20 Å². The van der Waals surface area contributed by atoms with E-state index in [-0.39, 0.29) is 0 Å². The van der Waals surface area contributed by atoms with Crippen LogP contribution in [0.4, 0.5) is 0 Å². The normalized spacial score (nSPS) is 10.0. The van der Waals surface area contributed by atoms with E-state index in [0.717, 1.165) is 12.8 Å². The molecule has 1 nitrogen and oxygen atoms in total. The molecule has 0 bridgehead atoms. The number of nitrogens with zero attached hydrogens (tertiary/aromatic N) is 1. The van der Waals surface area contributed by atoms with Crippen molar-refractivity contribution in [1.82, 2.24) is 4.98 Å². The third-order valence-corrected chi connectivity index (χ3v) is 2.20. The van der Waals surface area contributed by atoms with Crippen LogP contribution in [-0.2, 0) is 12.8 Å². The third kappa shape index (κ3) is 2.43. The highest BCUT2D eigenvalue weighted by atomic mass is 14.6. The zero-order valence-corrected chi connectivity index (χ0v) is 7.98. The van der Waals surface area contributed by atoms with E-state index in [1.165, 1.54) is 11.1 Å². The first-order chi connectivity index (χ1) is 6.95. The first-order valence-electron chi connectivity index (χ1n) is 4.79. The van der Waals surface area contributed by atoms with Gasteiger partial charge in [-0.2, -0.15) is 0 Å². The van der Waals surface area contributed by atoms with Gasteiger partial charge >= 0.3 is 0 Å². The molecule has 1 radical (unpaired) electrons. The van der Waals surface area contributed by atoms with Crippen LogP contribution >= 0.6 is 0 Å². The molecular formula is C13H12N. The van der Waals surface area contributed by atoms with E-state index in [2.05, 4.69) is 23.2 Å². The molecule has 0 fully saturated rings. The lowest BCUT2D eigenvalue weighted by Crippen LogP contribution is -1.91. The van der Waals surface area contributed by atoms with Crippen molar-refractivity contribution in [2.75, 3.05) is 0 Å². The van der Waals surface area contributed by atoms with Crippen LogP contribution in [-0.4, -0.2) is 4.98 Å². The van der Waals surface area contributed by atoms with Gasteiger partial charge in [-0.05, 0) is 36.1 Å². The summed E-state index contributed by atoms with van der Waals surface area (Å²) in [5, 5.41) is 0. The number of aryl methyl sites for hydroxylation is 2. The highest BCUT2D eigenvalue weighted by Crippen LogP contribution is 2.05. The van der Waals surface area contributed by atoms with E-state index in [0.29, 0.717) is 0 Å². The first kappa shape index (κ1) is 8.95. The minimum atomic E-state index is 1.05. The molecular weight excluding hydrogens is 170 g/mol. The summed E-state index contributed by atoms with van der Waals surface area (Å²) in [6.07, 6.45) is 5.83. The van der Waals surface area contributed by atoms with E-state index in [9.17, 15) is 0 Å². The second kappa shape index (κ2) is 4.56. The second-order valence-corrected chi connectivity index (χ2v) is 3.27. The molecule has 0 spiro atoms. The Bertz CT molecular complexity index is 327. The van der Waals surface area contributed by atoms with Crippen molar-refractivity contribution < 1.29 is 0 Å². The molecule has 0 aliphatic rings. The zero-order valence-electron chi connectivity index (χ0n) is 7.98. The maximum absolute atomic E-state index is 4.09. The lowest BCUT2D eigenvalue weighted by Gasteiger charge is -2.00. The van der Waals surface area contributed by atoms with Gasteiger partial charge in [-0.25, -0.2) is 0 Å². The number of hydrogen-bond acceptors (Lipinski definition) is 1. The minimum Gasteiger partial charge on any atom is -0.264 e. The first-order valence-corrected chi connectivity index (χ1v) is 4.79. The van der Waals surface area contributed by atoms with Gasteiger partial charge in [0.15, 0.2) is 0 Å². The van der Waals surface area contributed by atoms with Crippen molar-refractivity contribution in [3.8, 4) is 0 Å². The van der Waals surface area contributed by atoms with E-state index >= 15 is 0 Å². The number of benzene rings is 1. The molecule has 1 heterocycles. The molecule has 1 aromatic carbocycles. The monoisotopic (exact) mass is 182 g/mol. The van der Waals surface area contributed by atoms with Crippen molar-refractivity contribution in [2.45, 2.75) is 12.8 Å². The van der Waals surface area contributed by atoms with Crippen LogP contribution in [0.15, 0.2) is 48.8 Å². The van der Waals surface area contributed by atoms with Crippen molar-refractivity contribution in [1.29, 1.82) is 0 Å². The Morgan fingerprint density at radius 3 is 2.64 bits per heavy atom. The molecule has 69 valence electrons. The molecule has 0 N–H and O–H groups in total. The lowest BCUT2D eigenvalue weighted by molar-refractivity contribution is 0.950. The Morgan fingerprint density at radius 2 is 1.93 bits per heavy atom. The van der Waals surface area contributed by atoms with E-state index < -0.39 is 0 Å². The number of hydrogen-bond donors (Lipinski definition) is 0. The summed E-state index contributed by atoms with van der Waals surface area (Å²) in [6.45, 7) is 0. The van der Waals surface area contributed by atoms with Crippen LogP contribution in [0.3, 0.4) is 0 Å². The molecule has 2 aromatic rings. The standard InChI is InChI=1S/C13H12N/c1-2-5-12(6-3-1)8-9-13-7-4-10-14-11-13/h1-2,4-7,10-11H,8-9H2. The number of rotatable bonds is 3. The summed E-state index contributed by atoms with van der Waals surface area (Å²) in [4.78, 5) is 4.09. The Balaban J connectivity index is 1.96. The van der Waals surface area contributed by atoms with Gasteiger partial charge in [-0.1, -0.05) is 30.3 Å². The Labute approximate surface area is 84.4 Å². The molecule has 1 aromatic heterocycles. The molecule has 0 aliphatic carbocycles. The average Bonchev–Trinajstić information content (AvgIpc) is 2.29. The minimum absolute atomic E-state index is 1.05. The molecule has 0 saturated carbocycles. The fourth-order valence-corrected chi connectivity index (χ4v) is 1.42. The summed E-state index contributed by atoms with van der Waals surface area (Å²) >= 11 is 0. The average molecular weight is 182 g/mol. The fourth-order valence-electron chi connectivity index (χ4n) is 1.42. The highest BCUT2D eigenvalue weighted by molar-refractivity contribution is 5.17. The van der Waals surface area contributed by atoms with Crippen LogP contribution in [0.5, 0.6) is 0 Å². The maximum Gasteiger partial charge on any atom is 0.0299 e. The van der Waals surface area contributed by atoms with Crippen molar-refractivity contribution in [3.05, 3.63) is 66.0 Å². The van der Waals surface area contributed by atoms with Crippen LogP contribution in [0.25, 0.3) is 0 Å². The predicted octanol–water partition coefficient (Wildman–Crippen LogP) is 2.67. The third-order valence-electron chi connectivity index (χ3n) is 2.20. The van der Waals surface area contributed by atoms with Gasteiger partial charge in [-0.3, -0.25) is 4.98 Å². The van der Waals surface area contributed by atoms with Crippen LogP contribution in [0.1, 0.15) is 11.1 Å². The maximum atomic E-state index is 4.09. The topological polar surface area (TPSA) is 12.9 Å². The largest absolute Gasteiger partial charge is 0.264 e. The fraction of sp³-hybridized carbons (Fsp3) is 0.154. The summed E-state index contributed by atoms with van der Waals surface area (Å²) < 4.78 is 0. The van der Waals surface area contributed by atoms with Gasteiger partial charge in [0.2, 0.25) is 0 Å². The number of pyridine rings is 1. The van der Waals surface area contributed by atoms with Gasteiger partial charge in [0.05, 0.1) is 0 Å². The van der Waals surface area contributed by atoms with E-state index in [4.69, 9.17) is 0 Å². The SMILES string of the molecule is [c]1cccc(CCc2cccnc2)c1. The Hall–Kier alpha value is -1.63. The molecule has 0 saturated heterocycles. The van der Waals surface area contributed by atoms with Gasteiger partial charge < -0.3 is 0 Å². The smallest absolute Gasteiger partial charge is 0.0299 e. The van der Waals surface area contributed by atoms with E-state index in [1.807, 2.05) is 30.5 Å². The van der Waals surface area contributed by atoms with Gasteiger partial charge in [0, 0.05) is 12.4 Å². The van der Waals surface area contributed by atoms with Gasteiger partial charge in [-0.15, -0.1) is 0 Å². The highest BCUT2D eigenvalue weighted by Gasteiger charge is 1.94. The molecule has 2 rings (SSSR count). The van der Waals surface area contributed by atoms with Crippen LogP contribution in [0.2, 0.25) is 0 Å². The van der Waals surface area contributed by atoms with Crippen molar-refractivity contribution in [2.24, 2.45) is 0 Å². The molecule has 1 heteroatoms. The van der Waals surface area contributed by atoms with Gasteiger partial charge in [0.1, 0.15) is 0 Å². The molecule has 0 amide bonds. The van der Waals surface area contributed by atoms with Crippen molar-refractivity contribution >= 4 is 0 Å². The second-order valence-electron chi connectivity index (χ2n) is 3.27. The predicted molar refractivity (Wildman–Crippen MR) is 56.9 cm³/mol. The summed E-state index contributed by atoms with van der Waals surface area (Å²) in [6, 6.07) is 15.3. The van der Waals surface area contributed by atoms with Crippen LogP contribution < -0.4 is 0 Å².